The molecule has 0 saturated carbocycles. The molecule has 0 N–H and O–H groups in total. The molecule has 0 saturated heterocycles. The highest BCUT2D eigenvalue weighted by Gasteiger charge is 2.15. The van der Waals surface area contributed by atoms with E-state index in [2.05, 4.69) is 22.3 Å². The molecule has 2 aromatic carbocycles. The van der Waals surface area contributed by atoms with Crippen molar-refractivity contribution in [3.63, 3.8) is 0 Å². The predicted octanol–water partition coefficient (Wildman–Crippen LogP) is 3.57. The normalized spacial score (nSPS) is 11.0. The topological polar surface area (TPSA) is 48.7 Å². The number of pyridine rings is 1. The molecule has 5 heteroatoms. The third kappa shape index (κ3) is 2.09. The molecule has 0 radical (unpaired) electrons. The number of aromatic nitrogens is 3. The van der Waals surface area contributed by atoms with Gasteiger partial charge in [-0.15, -0.1) is 10.2 Å². The van der Waals surface area contributed by atoms with Gasteiger partial charge >= 0.3 is 0 Å². The number of para-hydroxylation sites is 1. The van der Waals surface area contributed by atoms with Crippen molar-refractivity contribution in [1.82, 2.24) is 14.6 Å². The maximum absolute atomic E-state index is 5.51. The summed E-state index contributed by atoms with van der Waals surface area (Å²) in [7, 11) is 3.27. The highest BCUT2D eigenvalue weighted by atomic mass is 16.5. The van der Waals surface area contributed by atoms with E-state index < -0.39 is 0 Å². The van der Waals surface area contributed by atoms with Crippen molar-refractivity contribution in [2.45, 2.75) is 0 Å². The zero-order valence-corrected chi connectivity index (χ0v) is 12.9. The Morgan fingerprint density at radius 1 is 0.870 bits per heavy atom. The van der Waals surface area contributed by atoms with Gasteiger partial charge in [0.05, 0.1) is 25.3 Å². The molecule has 0 aliphatic carbocycles. The Morgan fingerprint density at radius 3 is 2.57 bits per heavy atom. The lowest BCUT2D eigenvalue weighted by Crippen LogP contribution is -1.95. The minimum absolute atomic E-state index is 0.701. The molecular formula is C18H15N3O2. The van der Waals surface area contributed by atoms with Gasteiger partial charge in [-0.3, -0.25) is 4.40 Å². The molecule has 0 unspecified atom stereocenters. The third-order valence-electron chi connectivity index (χ3n) is 3.93. The molecule has 4 rings (SSSR count). The Labute approximate surface area is 133 Å². The molecule has 0 aliphatic rings. The average Bonchev–Trinajstić information content (AvgIpc) is 3.05. The van der Waals surface area contributed by atoms with Crippen LogP contribution in [0.2, 0.25) is 0 Å². The summed E-state index contributed by atoms with van der Waals surface area (Å²) < 4.78 is 12.8. The van der Waals surface area contributed by atoms with Crippen LogP contribution in [0.25, 0.3) is 27.9 Å². The second-order valence-corrected chi connectivity index (χ2v) is 5.18. The first-order chi connectivity index (χ1) is 11.3. The van der Waals surface area contributed by atoms with Crippen LogP contribution >= 0.6 is 0 Å². The molecular weight excluding hydrogens is 290 g/mol. The van der Waals surface area contributed by atoms with Gasteiger partial charge in [0.15, 0.2) is 11.5 Å². The Hall–Kier alpha value is -3.08. The van der Waals surface area contributed by atoms with Crippen molar-refractivity contribution in [1.29, 1.82) is 0 Å². The Bertz CT molecular complexity index is 1010. The van der Waals surface area contributed by atoms with Crippen molar-refractivity contribution in [2.24, 2.45) is 0 Å². The first kappa shape index (κ1) is 13.6. The lowest BCUT2D eigenvalue weighted by atomic mass is 10.1. The van der Waals surface area contributed by atoms with E-state index in [9.17, 15) is 0 Å². The van der Waals surface area contributed by atoms with E-state index in [1.807, 2.05) is 46.9 Å². The highest BCUT2D eigenvalue weighted by Crippen LogP contribution is 2.33. The monoisotopic (exact) mass is 305 g/mol. The summed E-state index contributed by atoms with van der Waals surface area (Å²) >= 11 is 0. The maximum atomic E-state index is 5.51. The van der Waals surface area contributed by atoms with E-state index >= 15 is 0 Å². The van der Waals surface area contributed by atoms with Crippen LogP contribution in [0.1, 0.15) is 0 Å². The Kier molecular flexibility index (Phi) is 3.12. The number of methoxy groups -OCH3 is 2. The van der Waals surface area contributed by atoms with Gasteiger partial charge in [0.2, 0.25) is 0 Å². The second kappa shape index (κ2) is 5.28. The first-order valence-electron chi connectivity index (χ1n) is 7.27. The second-order valence-electron chi connectivity index (χ2n) is 5.18. The van der Waals surface area contributed by atoms with Crippen LogP contribution in [0.4, 0.5) is 0 Å². The van der Waals surface area contributed by atoms with Gasteiger partial charge in [0, 0.05) is 6.07 Å². The summed E-state index contributed by atoms with van der Waals surface area (Å²) in [5.41, 5.74) is 2.73. The average molecular weight is 305 g/mol. The lowest BCUT2D eigenvalue weighted by molar-refractivity contribution is 0.395. The standard InChI is InChI=1S/C18H15N3O2/c1-22-13-8-9-14(16(11-13)23-2)18-20-19-17-10-7-12-5-3-4-6-15(12)21(17)18/h3-11H,1-2H3. The van der Waals surface area contributed by atoms with Crippen LogP contribution in [0.5, 0.6) is 11.5 Å². The molecule has 5 nitrogen and oxygen atoms in total. The molecule has 0 bridgehead atoms. The smallest absolute Gasteiger partial charge is 0.172 e. The van der Waals surface area contributed by atoms with Crippen LogP contribution < -0.4 is 9.47 Å². The number of hydrogen-bond acceptors (Lipinski definition) is 4. The number of hydrogen-bond donors (Lipinski definition) is 0. The van der Waals surface area contributed by atoms with Crippen molar-refractivity contribution >= 4 is 16.6 Å². The molecule has 0 atom stereocenters. The van der Waals surface area contributed by atoms with Crippen LogP contribution in [-0.2, 0) is 0 Å². The molecule has 23 heavy (non-hydrogen) atoms. The largest absolute Gasteiger partial charge is 0.497 e. The van der Waals surface area contributed by atoms with Crippen LogP contribution in [-0.4, -0.2) is 28.8 Å². The minimum atomic E-state index is 0.701. The summed E-state index contributed by atoms with van der Waals surface area (Å²) in [5.74, 6) is 2.19. The van der Waals surface area contributed by atoms with E-state index in [0.29, 0.717) is 5.75 Å². The maximum Gasteiger partial charge on any atom is 0.172 e. The van der Waals surface area contributed by atoms with E-state index in [-0.39, 0.29) is 0 Å². The number of benzene rings is 2. The van der Waals surface area contributed by atoms with Crippen LogP contribution in [0.3, 0.4) is 0 Å². The Morgan fingerprint density at radius 2 is 1.74 bits per heavy atom. The van der Waals surface area contributed by atoms with E-state index in [1.165, 1.54) is 0 Å². The van der Waals surface area contributed by atoms with Crippen LogP contribution in [0.15, 0.2) is 54.6 Å². The summed E-state index contributed by atoms with van der Waals surface area (Å²) in [6, 6.07) is 17.9. The van der Waals surface area contributed by atoms with E-state index in [1.54, 1.807) is 14.2 Å². The summed E-state index contributed by atoms with van der Waals surface area (Å²) in [6.45, 7) is 0. The molecule has 0 amide bonds. The van der Waals surface area contributed by atoms with Crippen LogP contribution in [0, 0.1) is 0 Å². The molecule has 0 spiro atoms. The molecule has 2 aromatic heterocycles. The van der Waals surface area contributed by atoms with Gasteiger partial charge in [-0.1, -0.05) is 18.2 Å². The number of nitrogens with zero attached hydrogens (tertiary/aromatic N) is 3. The predicted molar refractivity (Wildman–Crippen MR) is 89.0 cm³/mol. The van der Waals surface area contributed by atoms with Crippen molar-refractivity contribution in [3.05, 3.63) is 54.6 Å². The minimum Gasteiger partial charge on any atom is -0.497 e. The van der Waals surface area contributed by atoms with Crippen molar-refractivity contribution < 1.29 is 9.47 Å². The van der Waals surface area contributed by atoms with Gasteiger partial charge in [-0.25, -0.2) is 0 Å². The Balaban J connectivity index is 2.05. The highest BCUT2D eigenvalue weighted by molar-refractivity contribution is 5.84. The third-order valence-corrected chi connectivity index (χ3v) is 3.93. The summed E-state index contributed by atoms with van der Waals surface area (Å²) in [6.07, 6.45) is 0. The van der Waals surface area contributed by atoms with Gasteiger partial charge < -0.3 is 9.47 Å². The van der Waals surface area contributed by atoms with Gasteiger partial charge in [-0.05, 0) is 35.7 Å². The zero-order chi connectivity index (χ0) is 15.8. The molecule has 114 valence electrons. The quantitative estimate of drug-likeness (QED) is 0.580. The van der Waals surface area contributed by atoms with E-state index in [4.69, 9.17) is 9.47 Å². The zero-order valence-electron chi connectivity index (χ0n) is 12.9. The molecule has 0 fully saturated rings. The number of ether oxygens (including phenoxy) is 2. The molecule has 2 heterocycles. The fraction of sp³-hybridized carbons (Fsp3) is 0.111. The SMILES string of the molecule is COc1ccc(-c2nnc3ccc4ccccc4n23)c(OC)c1. The first-order valence-corrected chi connectivity index (χ1v) is 7.27. The lowest BCUT2D eigenvalue weighted by Gasteiger charge is -2.10. The molecule has 4 aromatic rings. The fourth-order valence-electron chi connectivity index (χ4n) is 2.80. The summed E-state index contributed by atoms with van der Waals surface area (Å²) in [5, 5.41) is 9.79. The van der Waals surface area contributed by atoms with Crippen molar-refractivity contribution in [2.75, 3.05) is 14.2 Å². The number of rotatable bonds is 3. The number of fused-ring (bicyclic) bond motifs is 3. The van der Waals surface area contributed by atoms with Gasteiger partial charge in [0.25, 0.3) is 0 Å². The van der Waals surface area contributed by atoms with Gasteiger partial charge in [-0.2, -0.15) is 0 Å². The van der Waals surface area contributed by atoms with E-state index in [0.717, 1.165) is 33.7 Å². The van der Waals surface area contributed by atoms with Gasteiger partial charge in [0.1, 0.15) is 11.5 Å². The fourth-order valence-corrected chi connectivity index (χ4v) is 2.80. The summed E-state index contributed by atoms with van der Waals surface area (Å²) in [4.78, 5) is 0. The van der Waals surface area contributed by atoms with Crippen molar-refractivity contribution in [3.8, 4) is 22.9 Å². The molecule has 0 aliphatic heterocycles.